The molecule has 0 saturated heterocycles. The Balaban J connectivity index is 2.72. The fourth-order valence-corrected chi connectivity index (χ4v) is 1.39. The molecule has 0 aromatic heterocycles. The van der Waals surface area contributed by atoms with Crippen LogP contribution in [0.15, 0.2) is 21.1 Å². The molecule has 60 valence electrons. The number of rotatable bonds is 1. The lowest BCUT2D eigenvalue weighted by molar-refractivity contribution is -0.137. The van der Waals surface area contributed by atoms with Crippen LogP contribution in [0.4, 0.5) is 0 Å². The van der Waals surface area contributed by atoms with Gasteiger partial charge in [0.1, 0.15) is 0 Å². The molecule has 1 rings (SSSR count). The molecule has 4 heteroatoms. The number of cyclic esters (lactones) is 1. The molecule has 1 unspecified atom stereocenters. The Kier molecular flexibility index (Phi) is 2.90. The van der Waals surface area contributed by atoms with E-state index in [2.05, 4.69) is 31.9 Å². The number of halogens is 2. The van der Waals surface area contributed by atoms with Gasteiger partial charge in [-0.15, -0.1) is 0 Å². The van der Waals surface area contributed by atoms with Crippen molar-refractivity contribution in [2.24, 2.45) is 0 Å². The Morgan fingerprint density at radius 3 is 2.82 bits per heavy atom. The molecular weight excluding hydrogens is 276 g/mol. The zero-order chi connectivity index (χ0) is 8.43. The van der Waals surface area contributed by atoms with Crippen LogP contribution in [0.25, 0.3) is 0 Å². The average Bonchev–Trinajstić information content (AvgIpc) is 2.09. The van der Waals surface area contributed by atoms with Crippen LogP contribution in [-0.4, -0.2) is 12.1 Å². The molecule has 11 heavy (non-hydrogen) atoms. The van der Waals surface area contributed by atoms with Crippen LogP contribution >= 0.6 is 31.9 Å². The van der Waals surface area contributed by atoms with E-state index >= 15 is 0 Å². The van der Waals surface area contributed by atoms with E-state index < -0.39 is 0 Å². The first-order chi connectivity index (χ1) is 5.09. The second kappa shape index (κ2) is 3.54. The molecule has 1 atom stereocenters. The summed E-state index contributed by atoms with van der Waals surface area (Å²) >= 11 is 6.48. The van der Waals surface area contributed by atoms with E-state index in [0.717, 1.165) is 8.96 Å². The van der Waals surface area contributed by atoms with Crippen LogP contribution < -0.4 is 0 Å². The second-order valence-corrected chi connectivity index (χ2v) is 4.31. The number of hydrogen-bond acceptors (Lipinski definition) is 2. The molecule has 0 amide bonds. The molecular formula is C7H6Br2O2. The lowest BCUT2D eigenvalue weighted by atomic mass is 10.3. The molecule has 1 aliphatic heterocycles. The molecule has 0 bridgehead atoms. The highest BCUT2D eigenvalue weighted by Gasteiger charge is 2.21. The first kappa shape index (κ1) is 9.00. The number of carbonyl (C=O) groups is 1. The van der Waals surface area contributed by atoms with Crippen LogP contribution in [0.3, 0.4) is 0 Å². The van der Waals surface area contributed by atoms with Crippen molar-refractivity contribution in [2.75, 3.05) is 0 Å². The van der Waals surface area contributed by atoms with Crippen LogP contribution in [0, 0.1) is 0 Å². The van der Waals surface area contributed by atoms with Gasteiger partial charge in [0.15, 0.2) is 6.10 Å². The summed E-state index contributed by atoms with van der Waals surface area (Å²) in [5.74, 6) is -0.299. The van der Waals surface area contributed by atoms with Crippen molar-refractivity contribution in [2.45, 2.75) is 13.0 Å². The number of allylic oxidation sites excluding steroid dienone is 1. The van der Waals surface area contributed by atoms with Gasteiger partial charge < -0.3 is 4.74 Å². The summed E-state index contributed by atoms with van der Waals surface area (Å²) in [4.78, 5) is 10.7. The normalized spacial score (nSPS) is 25.0. The third-order valence-corrected chi connectivity index (χ3v) is 2.10. The summed E-state index contributed by atoms with van der Waals surface area (Å²) in [7, 11) is 0. The molecule has 1 heterocycles. The summed E-state index contributed by atoms with van der Waals surface area (Å²) in [6.45, 7) is 1.88. The Morgan fingerprint density at radius 2 is 2.45 bits per heavy atom. The van der Waals surface area contributed by atoms with Gasteiger partial charge in [-0.1, -0.05) is 31.9 Å². The molecule has 2 nitrogen and oxygen atoms in total. The standard InChI is InChI=1S/C7H6Br2O2/c1-4(8)2-6-5(9)3-7(10)11-6/h2-3,6H,1H3/b4-2-. The maximum atomic E-state index is 10.7. The second-order valence-electron chi connectivity index (χ2n) is 2.14. The highest BCUT2D eigenvalue weighted by molar-refractivity contribution is 9.12. The van der Waals surface area contributed by atoms with Crippen LogP contribution in [0.2, 0.25) is 0 Å². The zero-order valence-electron chi connectivity index (χ0n) is 5.80. The summed E-state index contributed by atoms with van der Waals surface area (Å²) in [6.07, 6.45) is 2.99. The Morgan fingerprint density at radius 1 is 1.82 bits per heavy atom. The first-order valence-electron chi connectivity index (χ1n) is 3.01. The van der Waals surface area contributed by atoms with Crippen molar-refractivity contribution in [3.8, 4) is 0 Å². The van der Waals surface area contributed by atoms with E-state index in [1.54, 1.807) is 0 Å². The van der Waals surface area contributed by atoms with E-state index in [-0.39, 0.29) is 12.1 Å². The van der Waals surface area contributed by atoms with Crippen molar-refractivity contribution in [1.82, 2.24) is 0 Å². The third kappa shape index (κ3) is 2.45. The molecule has 0 fully saturated rings. The third-order valence-electron chi connectivity index (χ3n) is 1.15. The minimum absolute atomic E-state index is 0.248. The van der Waals surface area contributed by atoms with Crippen molar-refractivity contribution >= 4 is 37.8 Å². The fourth-order valence-electron chi connectivity index (χ4n) is 0.732. The highest BCUT2D eigenvalue weighted by atomic mass is 79.9. The number of ether oxygens (including phenoxy) is 1. The number of carbonyl (C=O) groups excluding carboxylic acids is 1. The SMILES string of the molecule is C/C(Br)=C/C1OC(=O)C=C1Br. The molecule has 0 saturated carbocycles. The predicted octanol–water partition coefficient (Wildman–Crippen LogP) is 2.49. The van der Waals surface area contributed by atoms with E-state index in [0.29, 0.717) is 0 Å². The monoisotopic (exact) mass is 280 g/mol. The number of esters is 1. The van der Waals surface area contributed by atoms with E-state index in [1.807, 2.05) is 13.0 Å². The summed E-state index contributed by atoms with van der Waals surface area (Å²) in [6, 6.07) is 0. The summed E-state index contributed by atoms with van der Waals surface area (Å²) in [5.41, 5.74) is 0. The highest BCUT2D eigenvalue weighted by Crippen LogP contribution is 2.24. The molecule has 0 N–H and O–H groups in total. The van der Waals surface area contributed by atoms with Gasteiger partial charge in [0.25, 0.3) is 0 Å². The quantitative estimate of drug-likeness (QED) is 0.691. The molecule has 0 aromatic rings. The first-order valence-corrected chi connectivity index (χ1v) is 4.60. The van der Waals surface area contributed by atoms with Crippen molar-refractivity contribution in [3.63, 3.8) is 0 Å². The number of hydrogen-bond donors (Lipinski definition) is 0. The molecule has 0 radical (unpaired) electrons. The fraction of sp³-hybridized carbons (Fsp3) is 0.286. The Bertz CT molecular complexity index is 239. The smallest absolute Gasteiger partial charge is 0.332 e. The van der Waals surface area contributed by atoms with Crippen molar-refractivity contribution < 1.29 is 9.53 Å². The van der Waals surface area contributed by atoms with Gasteiger partial charge in [-0.3, -0.25) is 0 Å². The van der Waals surface area contributed by atoms with Crippen molar-refractivity contribution in [1.29, 1.82) is 0 Å². The van der Waals surface area contributed by atoms with Gasteiger partial charge in [-0.2, -0.15) is 0 Å². The maximum Gasteiger partial charge on any atom is 0.332 e. The largest absolute Gasteiger partial charge is 0.449 e. The summed E-state index contributed by atoms with van der Waals surface area (Å²) < 4.78 is 6.61. The van der Waals surface area contributed by atoms with Gasteiger partial charge in [-0.05, 0) is 17.5 Å². The van der Waals surface area contributed by atoms with Gasteiger partial charge >= 0.3 is 5.97 Å². The topological polar surface area (TPSA) is 26.3 Å². The lowest BCUT2D eigenvalue weighted by Crippen LogP contribution is -2.05. The molecule has 0 aromatic carbocycles. The summed E-state index contributed by atoms with van der Waals surface area (Å²) in [5, 5.41) is 0. The van der Waals surface area contributed by atoms with E-state index in [1.165, 1.54) is 6.08 Å². The van der Waals surface area contributed by atoms with Crippen LogP contribution in [0.5, 0.6) is 0 Å². The minimum Gasteiger partial charge on any atom is -0.449 e. The van der Waals surface area contributed by atoms with Crippen LogP contribution in [-0.2, 0) is 9.53 Å². The lowest BCUT2D eigenvalue weighted by Gasteiger charge is -2.04. The zero-order valence-corrected chi connectivity index (χ0v) is 8.98. The average molecular weight is 282 g/mol. The Hall–Kier alpha value is -0.0900. The van der Waals surface area contributed by atoms with Gasteiger partial charge in [-0.25, -0.2) is 4.79 Å². The van der Waals surface area contributed by atoms with Gasteiger partial charge in [0.05, 0.1) is 0 Å². The molecule has 0 spiro atoms. The molecule has 0 aliphatic carbocycles. The maximum absolute atomic E-state index is 10.7. The van der Waals surface area contributed by atoms with Gasteiger partial charge in [0, 0.05) is 10.6 Å². The van der Waals surface area contributed by atoms with Gasteiger partial charge in [0.2, 0.25) is 0 Å². The molecule has 1 aliphatic rings. The van der Waals surface area contributed by atoms with Crippen LogP contribution in [0.1, 0.15) is 6.92 Å². The van der Waals surface area contributed by atoms with E-state index in [9.17, 15) is 4.79 Å². The van der Waals surface area contributed by atoms with Crippen molar-refractivity contribution in [3.05, 3.63) is 21.1 Å². The minimum atomic E-state index is -0.299. The predicted molar refractivity (Wildman–Crippen MR) is 49.6 cm³/mol. The Labute approximate surface area is 81.6 Å². The van der Waals surface area contributed by atoms with E-state index in [4.69, 9.17) is 4.74 Å².